The van der Waals surface area contributed by atoms with Gasteiger partial charge in [0.2, 0.25) is 0 Å². The van der Waals surface area contributed by atoms with E-state index in [1.54, 1.807) is 6.20 Å². The third kappa shape index (κ3) is 3.52. The fraction of sp³-hybridized carbons (Fsp3) is 0.250. The van der Waals surface area contributed by atoms with Crippen LogP contribution in [0.1, 0.15) is 31.9 Å². The van der Waals surface area contributed by atoms with Gasteiger partial charge in [0.15, 0.2) is 0 Å². The first-order chi connectivity index (χ1) is 8.91. The molecule has 106 valence electrons. The van der Waals surface area contributed by atoms with Gasteiger partial charge in [0.05, 0.1) is 11.9 Å². The van der Waals surface area contributed by atoms with Gasteiger partial charge in [0.25, 0.3) is 0 Å². The van der Waals surface area contributed by atoms with Crippen LogP contribution in [-0.4, -0.2) is 4.98 Å². The molecule has 0 amide bonds. The average Bonchev–Trinajstić information content (AvgIpc) is 2.38. The van der Waals surface area contributed by atoms with Gasteiger partial charge in [-0.2, -0.15) is 5.26 Å². The monoisotopic (exact) mass is 448 g/mol. The van der Waals surface area contributed by atoms with Gasteiger partial charge in [-0.1, -0.05) is 26.8 Å². The maximum absolute atomic E-state index is 13.3. The summed E-state index contributed by atoms with van der Waals surface area (Å²) >= 11 is 0. The van der Waals surface area contributed by atoms with E-state index in [2.05, 4.69) is 31.8 Å². The Bertz CT molecular complexity index is 654. The van der Waals surface area contributed by atoms with Crippen LogP contribution in [0.15, 0.2) is 30.5 Å². The molecule has 0 aliphatic heterocycles. The van der Waals surface area contributed by atoms with Crippen LogP contribution in [-0.2, 0) is 26.5 Å². The minimum atomic E-state index is -0.557. The molecule has 0 atom stereocenters. The van der Waals surface area contributed by atoms with Gasteiger partial charge in [-0.15, -0.1) is 23.8 Å². The van der Waals surface area contributed by atoms with Gasteiger partial charge in [-0.3, -0.25) is 4.39 Å². The fourth-order valence-corrected chi connectivity index (χ4v) is 1.75. The van der Waals surface area contributed by atoms with Crippen molar-refractivity contribution >= 4 is 0 Å². The zero-order chi connectivity index (χ0) is 14.0. The molecule has 0 fully saturated rings. The summed E-state index contributed by atoms with van der Waals surface area (Å²) in [5, 5.41) is 8.85. The average molecular weight is 448 g/mol. The topological polar surface area (TPSA) is 36.7 Å². The van der Waals surface area contributed by atoms with Crippen molar-refractivity contribution in [3.63, 3.8) is 0 Å². The van der Waals surface area contributed by atoms with Crippen LogP contribution in [0.5, 0.6) is 0 Å². The van der Waals surface area contributed by atoms with E-state index in [0.29, 0.717) is 11.3 Å². The number of pyridine rings is 1. The molecule has 0 aliphatic rings. The summed E-state index contributed by atoms with van der Waals surface area (Å²) in [6, 6.07) is 11.2. The molecule has 2 rings (SSSR count). The molecular formula is C16H14FN2Pt-. The summed E-state index contributed by atoms with van der Waals surface area (Å²) < 4.78 is 13.3. The van der Waals surface area contributed by atoms with Gasteiger partial charge >= 0.3 is 0 Å². The maximum Gasteiger partial charge on any atom is 0.0818 e. The summed E-state index contributed by atoms with van der Waals surface area (Å²) in [5.74, 6) is -0.557. The van der Waals surface area contributed by atoms with Crippen molar-refractivity contribution in [3.8, 4) is 17.3 Å². The molecule has 0 N–H and O–H groups in total. The molecule has 0 bridgehead atoms. The number of rotatable bonds is 1. The Hall–Kier alpha value is -1.52. The van der Waals surface area contributed by atoms with Gasteiger partial charge in [0.1, 0.15) is 0 Å². The second-order valence-corrected chi connectivity index (χ2v) is 5.40. The second-order valence-electron chi connectivity index (χ2n) is 5.40. The van der Waals surface area contributed by atoms with Crippen molar-refractivity contribution in [3.05, 3.63) is 53.5 Å². The fourth-order valence-electron chi connectivity index (χ4n) is 1.75. The zero-order valence-electron chi connectivity index (χ0n) is 11.5. The number of hydrogen-bond acceptors (Lipinski definition) is 2. The first-order valence-electron chi connectivity index (χ1n) is 6.00. The first-order valence-corrected chi connectivity index (χ1v) is 6.00. The van der Waals surface area contributed by atoms with Crippen LogP contribution in [0.25, 0.3) is 11.3 Å². The molecule has 20 heavy (non-hydrogen) atoms. The third-order valence-electron chi connectivity index (χ3n) is 2.92. The van der Waals surface area contributed by atoms with E-state index >= 15 is 0 Å². The molecular weight excluding hydrogens is 434 g/mol. The molecule has 2 nitrogen and oxygen atoms in total. The zero-order valence-corrected chi connectivity index (χ0v) is 13.7. The van der Waals surface area contributed by atoms with Crippen molar-refractivity contribution in [2.45, 2.75) is 26.2 Å². The van der Waals surface area contributed by atoms with Crippen LogP contribution < -0.4 is 0 Å². The van der Waals surface area contributed by atoms with Crippen molar-refractivity contribution in [2.24, 2.45) is 0 Å². The Labute approximate surface area is 132 Å². The van der Waals surface area contributed by atoms with Crippen LogP contribution >= 0.6 is 0 Å². The smallest absolute Gasteiger partial charge is 0.0818 e. The molecule has 2 aromatic rings. The predicted octanol–water partition coefficient (Wildman–Crippen LogP) is 3.85. The van der Waals surface area contributed by atoms with Crippen LogP contribution in [0.3, 0.4) is 0 Å². The van der Waals surface area contributed by atoms with Gasteiger partial charge in [-0.05, 0) is 22.7 Å². The van der Waals surface area contributed by atoms with E-state index < -0.39 is 5.82 Å². The molecule has 0 spiro atoms. The summed E-state index contributed by atoms with van der Waals surface area (Å²) in [4.78, 5) is 4.27. The Morgan fingerprint density at radius 3 is 2.60 bits per heavy atom. The van der Waals surface area contributed by atoms with Crippen LogP contribution in [0.4, 0.5) is 4.39 Å². The van der Waals surface area contributed by atoms with Crippen molar-refractivity contribution in [1.29, 1.82) is 5.26 Å². The summed E-state index contributed by atoms with van der Waals surface area (Å²) in [5.41, 5.74) is 2.48. The molecule has 0 aliphatic carbocycles. The number of benzene rings is 1. The Morgan fingerprint density at radius 2 is 2.00 bits per heavy atom. The van der Waals surface area contributed by atoms with Gasteiger partial charge < -0.3 is 4.98 Å². The molecule has 0 saturated heterocycles. The Morgan fingerprint density at radius 1 is 1.30 bits per heavy atom. The molecule has 1 aromatic carbocycles. The van der Waals surface area contributed by atoms with E-state index in [0.717, 1.165) is 5.56 Å². The van der Waals surface area contributed by atoms with E-state index in [-0.39, 0.29) is 32.0 Å². The van der Waals surface area contributed by atoms with Gasteiger partial charge in [0, 0.05) is 32.8 Å². The minimum Gasteiger partial charge on any atom is -0.305 e. The quantitative estimate of drug-likeness (QED) is 0.622. The molecule has 1 aromatic heterocycles. The minimum absolute atomic E-state index is 0. The molecule has 1 heterocycles. The van der Waals surface area contributed by atoms with E-state index in [1.807, 2.05) is 18.2 Å². The number of nitriles is 1. The van der Waals surface area contributed by atoms with E-state index in [1.165, 1.54) is 12.1 Å². The summed E-state index contributed by atoms with van der Waals surface area (Å²) in [6.07, 6.45) is 1.72. The molecule has 0 unspecified atom stereocenters. The predicted molar refractivity (Wildman–Crippen MR) is 71.9 cm³/mol. The Balaban J connectivity index is 0.00000200. The number of aromatic nitrogens is 1. The molecule has 0 radical (unpaired) electrons. The van der Waals surface area contributed by atoms with E-state index in [4.69, 9.17) is 5.26 Å². The van der Waals surface area contributed by atoms with Crippen molar-refractivity contribution < 1.29 is 25.5 Å². The number of halogens is 1. The van der Waals surface area contributed by atoms with E-state index in [9.17, 15) is 4.39 Å². The molecule has 0 saturated carbocycles. The van der Waals surface area contributed by atoms with Crippen molar-refractivity contribution in [2.75, 3.05) is 0 Å². The van der Waals surface area contributed by atoms with Gasteiger partial charge in [-0.25, -0.2) is 0 Å². The van der Waals surface area contributed by atoms with Crippen LogP contribution in [0, 0.1) is 23.2 Å². The third-order valence-corrected chi connectivity index (χ3v) is 2.92. The largest absolute Gasteiger partial charge is 0.305 e. The summed E-state index contributed by atoms with van der Waals surface area (Å²) in [6.45, 7) is 6.34. The second kappa shape index (κ2) is 6.29. The van der Waals surface area contributed by atoms with Crippen molar-refractivity contribution in [1.82, 2.24) is 4.98 Å². The first kappa shape index (κ1) is 16.5. The maximum atomic E-state index is 13.3. The molecule has 4 heteroatoms. The number of hydrogen-bond donors (Lipinski definition) is 0. The number of nitrogens with zero attached hydrogens (tertiary/aromatic N) is 2. The summed E-state index contributed by atoms with van der Waals surface area (Å²) in [7, 11) is 0. The standard InChI is InChI=1S/C16H14FN2.Pt/c1-16(2,3)13-6-7-19-15(9-13)11-4-5-14(17)12(8-11)10-18;/h5-9H,1-3H3;/q-1;. The SMILES string of the molecule is CC(C)(C)c1ccnc(-c2[c-]cc(F)c(C#N)c2)c1.[Pt]. The normalized spacial score (nSPS) is 10.6. The van der Waals surface area contributed by atoms with Crippen LogP contribution in [0.2, 0.25) is 0 Å². The Kier molecular flexibility index (Phi) is 5.20.